The molecule has 0 radical (unpaired) electrons. The topological polar surface area (TPSA) is 69.6 Å². The quantitative estimate of drug-likeness (QED) is 0.800. The second-order valence-corrected chi connectivity index (χ2v) is 5.97. The highest BCUT2D eigenvalue weighted by atomic mass is 35.5. The first-order chi connectivity index (χ1) is 9.56. The van der Waals surface area contributed by atoms with Gasteiger partial charge in [0.05, 0.1) is 11.6 Å². The summed E-state index contributed by atoms with van der Waals surface area (Å²) < 4.78 is 0. The maximum atomic E-state index is 12.1. The molecule has 1 amide bonds. The van der Waals surface area contributed by atoms with E-state index >= 15 is 0 Å². The molecule has 1 fully saturated rings. The second-order valence-electron chi connectivity index (χ2n) is 5.57. The molecule has 0 heterocycles. The van der Waals surface area contributed by atoms with Gasteiger partial charge in [-0.25, -0.2) is 0 Å². The highest BCUT2D eigenvalue weighted by molar-refractivity contribution is 6.32. The maximum absolute atomic E-state index is 12.1. The van der Waals surface area contributed by atoms with E-state index in [0.29, 0.717) is 12.1 Å². The van der Waals surface area contributed by atoms with Crippen molar-refractivity contribution in [1.29, 1.82) is 0 Å². The van der Waals surface area contributed by atoms with Gasteiger partial charge in [0.25, 0.3) is 5.91 Å². The number of halogens is 1. The molecule has 0 unspecified atom stereocenters. The van der Waals surface area contributed by atoms with Gasteiger partial charge in [-0.2, -0.15) is 0 Å². The van der Waals surface area contributed by atoms with Crippen LogP contribution in [0, 0.1) is 5.41 Å². The minimum atomic E-state index is -0.231. The number of aliphatic hydroxyl groups is 1. The van der Waals surface area contributed by atoms with Gasteiger partial charge in [-0.05, 0) is 31.0 Å². The van der Waals surface area contributed by atoms with E-state index in [2.05, 4.69) is 5.32 Å². The molecule has 110 valence electrons. The molecule has 1 aliphatic rings. The molecule has 1 saturated carbocycles. The van der Waals surface area contributed by atoms with Crippen molar-refractivity contribution in [2.75, 3.05) is 13.2 Å². The number of nitrogens with one attached hydrogen (secondary N) is 1. The van der Waals surface area contributed by atoms with Gasteiger partial charge >= 0.3 is 0 Å². The zero-order valence-corrected chi connectivity index (χ0v) is 12.1. The number of aromatic hydroxyl groups is 1. The summed E-state index contributed by atoms with van der Waals surface area (Å²) in [6.45, 7) is 0.574. The Morgan fingerprint density at radius 1 is 1.30 bits per heavy atom. The van der Waals surface area contributed by atoms with Crippen LogP contribution >= 0.6 is 11.6 Å². The number of amides is 1. The number of rotatable bonds is 4. The minimum absolute atomic E-state index is 0.0395. The molecule has 0 aromatic heterocycles. The molecular weight excluding hydrogens is 278 g/mol. The first kappa shape index (κ1) is 15.1. The molecule has 0 aliphatic heterocycles. The lowest BCUT2D eigenvalue weighted by molar-refractivity contribution is 0.0718. The Bertz CT molecular complexity index is 484. The fraction of sp³-hybridized carbons (Fsp3) is 0.533. The van der Waals surface area contributed by atoms with Crippen molar-refractivity contribution < 1.29 is 15.0 Å². The molecule has 2 rings (SSSR count). The SMILES string of the molecule is O=C(NCC1(CO)CCCCC1)c1ccc(O)c(Cl)c1. The van der Waals surface area contributed by atoms with Gasteiger partial charge in [-0.1, -0.05) is 30.9 Å². The van der Waals surface area contributed by atoms with Crippen LogP contribution in [-0.4, -0.2) is 29.3 Å². The fourth-order valence-corrected chi connectivity index (χ4v) is 2.89. The van der Waals surface area contributed by atoms with Crippen molar-refractivity contribution in [1.82, 2.24) is 5.32 Å². The van der Waals surface area contributed by atoms with Crippen molar-refractivity contribution in [3.05, 3.63) is 28.8 Å². The van der Waals surface area contributed by atoms with Crippen LogP contribution < -0.4 is 5.32 Å². The lowest BCUT2D eigenvalue weighted by atomic mass is 9.74. The van der Waals surface area contributed by atoms with E-state index in [-0.39, 0.29) is 28.7 Å². The normalized spacial score (nSPS) is 17.7. The van der Waals surface area contributed by atoms with Crippen LogP contribution in [0.2, 0.25) is 5.02 Å². The predicted molar refractivity (Wildman–Crippen MR) is 78.1 cm³/mol. The molecule has 5 heteroatoms. The average Bonchev–Trinajstić information content (AvgIpc) is 2.48. The minimum Gasteiger partial charge on any atom is -0.506 e. The van der Waals surface area contributed by atoms with E-state index in [0.717, 1.165) is 25.7 Å². The highest BCUT2D eigenvalue weighted by Crippen LogP contribution is 2.35. The molecule has 0 atom stereocenters. The van der Waals surface area contributed by atoms with Gasteiger partial charge in [0.15, 0.2) is 0 Å². The fourth-order valence-electron chi connectivity index (χ4n) is 2.71. The predicted octanol–water partition coefficient (Wildman–Crippen LogP) is 2.72. The number of hydrogen-bond donors (Lipinski definition) is 3. The van der Waals surface area contributed by atoms with E-state index in [1.165, 1.54) is 24.6 Å². The molecule has 1 aliphatic carbocycles. The maximum Gasteiger partial charge on any atom is 0.251 e. The first-order valence-corrected chi connectivity index (χ1v) is 7.32. The Kier molecular flexibility index (Phi) is 4.89. The zero-order chi connectivity index (χ0) is 14.6. The molecule has 1 aromatic rings. The standard InChI is InChI=1S/C15H20ClNO3/c16-12-8-11(4-5-13(12)19)14(20)17-9-15(10-18)6-2-1-3-7-15/h4-5,8,18-19H,1-3,6-7,9-10H2,(H,17,20). The van der Waals surface area contributed by atoms with Crippen molar-refractivity contribution in [2.45, 2.75) is 32.1 Å². The summed E-state index contributed by atoms with van der Waals surface area (Å²) in [5, 5.41) is 22.0. The molecule has 0 bridgehead atoms. The summed E-state index contributed by atoms with van der Waals surface area (Å²) in [4.78, 5) is 12.1. The van der Waals surface area contributed by atoms with Crippen molar-refractivity contribution in [2.24, 2.45) is 5.41 Å². The summed E-state index contributed by atoms with van der Waals surface area (Å²) in [5.74, 6) is -0.271. The van der Waals surface area contributed by atoms with Crippen LogP contribution in [0.1, 0.15) is 42.5 Å². The highest BCUT2D eigenvalue weighted by Gasteiger charge is 2.31. The Morgan fingerprint density at radius 3 is 2.60 bits per heavy atom. The van der Waals surface area contributed by atoms with Gasteiger partial charge in [0.1, 0.15) is 5.75 Å². The van der Waals surface area contributed by atoms with Crippen molar-refractivity contribution >= 4 is 17.5 Å². The van der Waals surface area contributed by atoms with E-state index in [9.17, 15) is 15.0 Å². The zero-order valence-electron chi connectivity index (χ0n) is 11.4. The van der Waals surface area contributed by atoms with E-state index < -0.39 is 0 Å². The third-order valence-electron chi connectivity index (χ3n) is 4.08. The summed E-state index contributed by atoms with van der Waals surface area (Å²) in [6, 6.07) is 4.38. The van der Waals surface area contributed by atoms with E-state index in [1.807, 2.05) is 0 Å². The van der Waals surface area contributed by atoms with E-state index in [1.54, 1.807) is 0 Å². The van der Waals surface area contributed by atoms with Gasteiger partial charge in [-0.3, -0.25) is 4.79 Å². The number of aliphatic hydroxyl groups excluding tert-OH is 1. The molecule has 3 N–H and O–H groups in total. The number of carbonyl (C=O) groups is 1. The second kappa shape index (κ2) is 6.46. The summed E-state index contributed by atoms with van der Waals surface area (Å²) in [7, 11) is 0. The van der Waals surface area contributed by atoms with Gasteiger partial charge in [0.2, 0.25) is 0 Å². The number of phenolic OH excluding ortho intramolecular Hbond substituents is 1. The number of phenols is 1. The number of carbonyl (C=O) groups excluding carboxylic acids is 1. The Morgan fingerprint density at radius 2 is 2.00 bits per heavy atom. The average molecular weight is 298 g/mol. The lowest BCUT2D eigenvalue weighted by Crippen LogP contribution is -2.41. The summed E-state index contributed by atoms with van der Waals surface area (Å²) >= 11 is 5.79. The number of benzene rings is 1. The van der Waals surface area contributed by atoms with Crippen molar-refractivity contribution in [3.8, 4) is 5.75 Å². The van der Waals surface area contributed by atoms with Crippen LogP contribution in [0.15, 0.2) is 18.2 Å². The first-order valence-electron chi connectivity index (χ1n) is 6.94. The van der Waals surface area contributed by atoms with E-state index in [4.69, 9.17) is 11.6 Å². The van der Waals surface area contributed by atoms with Crippen LogP contribution in [0.5, 0.6) is 5.75 Å². The third kappa shape index (κ3) is 3.44. The number of hydrogen-bond acceptors (Lipinski definition) is 3. The lowest BCUT2D eigenvalue weighted by Gasteiger charge is -2.35. The van der Waals surface area contributed by atoms with Gasteiger partial charge in [-0.15, -0.1) is 0 Å². The monoisotopic (exact) mass is 297 g/mol. The Labute approximate surface area is 123 Å². The molecule has 4 nitrogen and oxygen atoms in total. The molecule has 0 saturated heterocycles. The molecule has 0 spiro atoms. The smallest absolute Gasteiger partial charge is 0.251 e. The third-order valence-corrected chi connectivity index (χ3v) is 4.39. The molecular formula is C15H20ClNO3. The van der Waals surface area contributed by atoms with Crippen molar-refractivity contribution in [3.63, 3.8) is 0 Å². The Balaban J connectivity index is 1.98. The largest absolute Gasteiger partial charge is 0.506 e. The summed E-state index contributed by atoms with van der Waals surface area (Å²) in [6.07, 6.45) is 5.28. The van der Waals surface area contributed by atoms with Gasteiger partial charge < -0.3 is 15.5 Å². The van der Waals surface area contributed by atoms with Crippen LogP contribution in [0.4, 0.5) is 0 Å². The summed E-state index contributed by atoms with van der Waals surface area (Å²) in [5.41, 5.74) is 0.228. The molecule has 1 aromatic carbocycles. The van der Waals surface area contributed by atoms with Crippen LogP contribution in [0.3, 0.4) is 0 Å². The molecule has 20 heavy (non-hydrogen) atoms. The van der Waals surface area contributed by atoms with Crippen LogP contribution in [0.25, 0.3) is 0 Å². The Hall–Kier alpha value is -1.26. The van der Waals surface area contributed by atoms with Gasteiger partial charge in [0, 0.05) is 17.5 Å². The van der Waals surface area contributed by atoms with Crippen LogP contribution in [-0.2, 0) is 0 Å².